The summed E-state index contributed by atoms with van der Waals surface area (Å²) in [6, 6.07) is 0. The van der Waals surface area contributed by atoms with Gasteiger partial charge >= 0.3 is 0 Å². The molecule has 1 amide bonds. The summed E-state index contributed by atoms with van der Waals surface area (Å²) in [6.45, 7) is 0.705. The molecule has 0 N–H and O–H groups in total. The Hall–Kier alpha value is -0.420. The van der Waals surface area contributed by atoms with Crippen molar-refractivity contribution in [1.82, 2.24) is 9.88 Å². The Morgan fingerprint density at radius 1 is 1.83 bits per heavy atom. The molecule has 0 unspecified atom stereocenters. The van der Waals surface area contributed by atoms with Gasteiger partial charge in [-0.25, -0.2) is 4.98 Å². The summed E-state index contributed by atoms with van der Waals surface area (Å²) < 4.78 is 0. The van der Waals surface area contributed by atoms with E-state index in [1.807, 2.05) is 0 Å². The number of aromatic nitrogens is 1. The first-order chi connectivity index (χ1) is 5.75. The van der Waals surface area contributed by atoms with Crippen molar-refractivity contribution in [3.63, 3.8) is 0 Å². The first-order valence-corrected chi connectivity index (χ1v) is 5.51. The highest BCUT2D eigenvalue weighted by Crippen LogP contribution is 2.04. The van der Waals surface area contributed by atoms with E-state index in [1.165, 1.54) is 11.3 Å². The van der Waals surface area contributed by atoms with Gasteiger partial charge in [-0.05, 0) is 0 Å². The second-order valence-electron chi connectivity index (χ2n) is 2.29. The SMILES string of the molecule is CN(CCBr)C(=O)c1cscn1. The molecule has 0 aromatic carbocycles. The molecule has 66 valence electrons. The zero-order valence-corrected chi connectivity index (χ0v) is 9.06. The number of rotatable bonds is 3. The summed E-state index contributed by atoms with van der Waals surface area (Å²) in [5, 5.41) is 2.55. The van der Waals surface area contributed by atoms with E-state index in [2.05, 4.69) is 20.9 Å². The van der Waals surface area contributed by atoms with Crippen molar-refractivity contribution in [2.75, 3.05) is 18.9 Å². The standard InChI is InChI=1S/C7H9BrN2OS/c1-10(3-2-8)7(11)6-4-12-5-9-6/h4-5H,2-3H2,1H3. The zero-order valence-electron chi connectivity index (χ0n) is 6.66. The third-order valence-electron chi connectivity index (χ3n) is 1.42. The largest absolute Gasteiger partial charge is 0.340 e. The molecule has 1 aromatic rings. The maximum absolute atomic E-state index is 11.4. The molecule has 5 heteroatoms. The second-order valence-corrected chi connectivity index (χ2v) is 3.80. The molecular weight excluding hydrogens is 240 g/mol. The zero-order chi connectivity index (χ0) is 8.97. The highest BCUT2D eigenvalue weighted by atomic mass is 79.9. The number of carbonyl (C=O) groups excluding carboxylic acids is 1. The van der Waals surface area contributed by atoms with E-state index in [0.29, 0.717) is 12.2 Å². The number of halogens is 1. The summed E-state index contributed by atoms with van der Waals surface area (Å²) in [7, 11) is 1.77. The number of alkyl halides is 1. The monoisotopic (exact) mass is 248 g/mol. The summed E-state index contributed by atoms with van der Waals surface area (Å²) in [6.07, 6.45) is 0. The van der Waals surface area contributed by atoms with Gasteiger partial charge in [0.25, 0.3) is 5.91 Å². The molecular formula is C7H9BrN2OS. The van der Waals surface area contributed by atoms with E-state index >= 15 is 0 Å². The molecule has 1 heterocycles. The van der Waals surface area contributed by atoms with E-state index in [4.69, 9.17) is 0 Å². The average Bonchev–Trinajstić information content (AvgIpc) is 2.55. The van der Waals surface area contributed by atoms with Crippen molar-refractivity contribution >= 4 is 33.2 Å². The maximum Gasteiger partial charge on any atom is 0.273 e. The van der Waals surface area contributed by atoms with Crippen LogP contribution in [-0.4, -0.2) is 34.7 Å². The smallest absolute Gasteiger partial charge is 0.273 e. The van der Waals surface area contributed by atoms with Crippen molar-refractivity contribution in [1.29, 1.82) is 0 Å². The highest BCUT2D eigenvalue weighted by molar-refractivity contribution is 9.09. The van der Waals surface area contributed by atoms with Crippen LogP contribution in [0.4, 0.5) is 0 Å². The Balaban J connectivity index is 2.59. The minimum absolute atomic E-state index is 0.0179. The number of hydrogen-bond donors (Lipinski definition) is 0. The van der Waals surface area contributed by atoms with E-state index in [1.54, 1.807) is 22.8 Å². The van der Waals surface area contributed by atoms with Gasteiger partial charge in [-0.3, -0.25) is 4.79 Å². The van der Waals surface area contributed by atoms with Crippen molar-refractivity contribution in [2.45, 2.75) is 0 Å². The van der Waals surface area contributed by atoms with Crippen molar-refractivity contribution < 1.29 is 4.79 Å². The van der Waals surface area contributed by atoms with Gasteiger partial charge in [0.15, 0.2) is 0 Å². The van der Waals surface area contributed by atoms with Gasteiger partial charge in [-0.15, -0.1) is 11.3 Å². The minimum Gasteiger partial charge on any atom is -0.340 e. The Bertz CT molecular complexity index is 250. The molecule has 0 saturated carbocycles. The fourth-order valence-corrected chi connectivity index (χ4v) is 1.80. The second kappa shape index (κ2) is 4.57. The van der Waals surface area contributed by atoms with Gasteiger partial charge in [-0.2, -0.15) is 0 Å². The van der Waals surface area contributed by atoms with Gasteiger partial charge in [-0.1, -0.05) is 15.9 Å². The first kappa shape index (κ1) is 9.67. The van der Waals surface area contributed by atoms with Crippen LogP contribution in [0.15, 0.2) is 10.9 Å². The minimum atomic E-state index is -0.0179. The third kappa shape index (κ3) is 2.28. The highest BCUT2D eigenvalue weighted by Gasteiger charge is 2.11. The molecule has 0 aliphatic heterocycles. The lowest BCUT2D eigenvalue weighted by atomic mass is 10.4. The van der Waals surface area contributed by atoms with Crippen LogP contribution in [-0.2, 0) is 0 Å². The first-order valence-electron chi connectivity index (χ1n) is 3.45. The van der Waals surface area contributed by atoms with Crippen LogP contribution in [0.25, 0.3) is 0 Å². The maximum atomic E-state index is 11.4. The Morgan fingerprint density at radius 2 is 2.58 bits per heavy atom. The molecule has 0 bridgehead atoms. The average molecular weight is 249 g/mol. The van der Waals surface area contributed by atoms with Crippen LogP contribution in [0.1, 0.15) is 10.5 Å². The number of amides is 1. The lowest BCUT2D eigenvalue weighted by Gasteiger charge is -2.13. The normalized spacial score (nSPS) is 9.83. The predicted octanol–water partition coefficient (Wildman–Crippen LogP) is 1.61. The summed E-state index contributed by atoms with van der Waals surface area (Å²) >= 11 is 4.70. The Kier molecular flexibility index (Phi) is 3.68. The summed E-state index contributed by atoms with van der Waals surface area (Å²) in [5.41, 5.74) is 2.19. The quantitative estimate of drug-likeness (QED) is 0.762. The molecule has 0 radical (unpaired) electrons. The van der Waals surface area contributed by atoms with Crippen LogP contribution in [0.2, 0.25) is 0 Å². The number of carbonyl (C=O) groups is 1. The third-order valence-corrected chi connectivity index (χ3v) is 2.36. The molecule has 12 heavy (non-hydrogen) atoms. The van der Waals surface area contributed by atoms with E-state index in [0.717, 1.165) is 5.33 Å². The molecule has 0 aliphatic rings. The van der Waals surface area contributed by atoms with Gasteiger partial charge in [0.05, 0.1) is 5.51 Å². The van der Waals surface area contributed by atoms with Crippen LogP contribution in [0.5, 0.6) is 0 Å². The van der Waals surface area contributed by atoms with Gasteiger partial charge < -0.3 is 4.90 Å². The van der Waals surface area contributed by atoms with Crippen molar-refractivity contribution in [2.24, 2.45) is 0 Å². The molecule has 1 aromatic heterocycles. The molecule has 0 atom stereocenters. The topological polar surface area (TPSA) is 33.2 Å². The van der Waals surface area contributed by atoms with Crippen LogP contribution < -0.4 is 0 Å². The molecule has 1 rings (SSSR count). The predicted molar refractivity (Wildman–Crippen MR) is 52.9 cm³/mol. The number of hydrogen-bond acceptors (Lipinski definition) is 3. The molecule has 3 nitrogen and oxygen atoms in total. The fourth-order valence-electron chi connectivity index (χ4n) is 0.742. The van der Waals surface area contributed by atoms with E-state index in [-0.39, 0.29) is 5.91 Å². The van der Waals surface area contributed by atoms with Crippen LogP contribution >= 0.6 is 27.3 Å². The van der Waals surface area contributed by atoms with Gasteiger partial charge in [0, 0.05) is 24.3 Å². The summed E-state index contributed by atoms with van der Waals surface area (Å²) in [4.78, 5) is 17.0. The fraction of sp³-hybridized carbons (Fsp3) is 0.429. The molecule has 0 spiro atoms. The van der Waals surface area contributed by atoms with E-state index < -0.39 is 0 Å². The number of thiazole rings is 1. The lowest BCUT2D eigenvalue weighted by molar-refractivity contribution is 0.0799. The lowest BCUT2D eigenvalue weighted by Crippen LogP contribution is -2.28. The number of nitrogens with zero attached hydrogens (tertiary/aromatic N) is 2. The van der Waals surface area contributed by atoms with Crippen molar-refractivity contribution in [3.8, 4) is 0 Å². The summed E-state index contributed by atoms with van der Waals surface area (Å²) in [5.74, 6) is -0.0179. The Labute approximate surface area is 83.5 Å². The van der Waals surface area contributed by atoms with Crippen LogP contribution in [0, 0.1) is 0 Å². The molecule has 0 aliphatic carbocycles. The Morgan fingerprint density at radius 3 is 3.08 bits per heavy atom. The van der Waals surface area contributed by atoms with Crippen molar-refractivity contribution in [3.05, 3.63) is 16.6 Å². The molecule has 0 saturated heterocycles. The molecule has 0 fully saturated rings. The van der Waals surface area contributed by atoms with Gasteiger partial charge in [0.2, 0.25) is 0 Å². The van der Waals surface area contributed by atoms with Crippen LogP contribution in [0.3, 0.4) is 0 Å². The van der Waals surface area contributed by atoms with E-state index in [9.17, 15) is 4.79 Å². The van der Waals surface area contributed by atoms with Gasteiger partial charge in [0.1, 0.15) is 5.69 Å².